The summed E-state index contributed by atoms with van der Waals surface area (Å²) in [6.07, 6.45) is 7.26. The number of fused-ring (bicyclic) bond motifs is 2. The molecule has 14 nitrogen and oxygen atoms in total. The molecule has 5 aromatic heterocycles. The van der Waals surface area contributed by atoms with Crippen molar-refractivity contribution in [2.75, 3.05) is 18.6 Å². The van der Waals surface area contributed by atoms with E-state index >= 15 is 0 Å². The molecule has 0 spiro atoms. The van der Waals surface area contributed by atoms with Gasteiger partial charge in [0.05, 0.1) is 40.4 Å². The van der Waals surface area contributed by atoms with E-state index in [4.69, 9.17) is 27.9 Å². The summed E-state index contributed by atoms with van der Waals surface area (Å²) in [4.78, 5) is 58.8. The molecule has 0 aromatic carbocycles. The number of pyridine rings is 1. The van der Waals surface area contributed by atoms with Crippen LogP contribution in [0.4, 0.5) is 10.3 Å². The number of aliphatic imine (C=N–C) groups is 1. The first-order valence-corrected chi connectivity index (χ1v) is 18.9. The Hall–Kier alpha value is -4.62. The van der Waals surface area contributed by atoms with Gasteiger partial charge in [0, 0.05) is 57.4 Å². The maximum absolute atomic E-state index is 13.3. The number of rotatable bonds is 12. The minimum Gasteiger partial charge on any atom is -0.543 e. The molecule has 0 radical (unpaired) electrons. The Kier molecular flexibility index (Phi) is 9.44. The fraction of sp³-hybridized carbons (Fsp3) is 0.226. The van der Waals surface area contributed by atoms with E-state index in [9.17, 15) is 19.5 Å². The first-order chi connectivity index (χ1) is 24.1. The van der Waals surface area contributed by atoms with Crippen molar-refractivity contribution in [2.45, 2.75) is 24.9 Å². The van der Waals surface area contributed by atoms with Crippen molar-refractivity contribution in [1.29, 1.82) is 0 Å². The average Bonchev–Trinajstić information content (AvgIpc) is 3.91. The molecule has 256 valence electrons. The van der Waals surface area contributed by atoms with Gasteiger partial charge in [0.1, 0.15) is 23.0 Å². The number of oxime groups is 1. The number of amidine groups is 1. The van der Waals surface area contributed by atoms with Crippen LogP contribution in [-0.2, 0) is 32.3 Å². The van der Waals surface area contributed by atoms with Crippen LogP contribution in [0.25, 0.3) is 10.9 Å². The summed E-state index contributed by atoms with van der Waals surface area (Å²) in [5, 5.41) is 21.2. The normalized spacial score (nSPS) is 18.0. The number of carbonyl (C=O) groups is 3. The number of halogens is 1. The molecule has 50 heavy (non-hydrogen) atoms. The van der Waals surface area contributed by atoms with Crippen LogP contribution in [-0.4, -0.2) is 66.9 Å². The lowest BCUT2D eigenvalue weighted by molar-refractivity contribution is -0.687. The number of nitrogen functional groups attached to an aromatic ring is 1. The number of nitrogens with zero attached hydrogens (tertiary/aromatic N) is 7. The molecule has 1 amide bonds. The SMILES string of the molecule is CO/N=C(\C(=O)C[C@@H]1C(=O)N2C(C(=O)[O-])=C(C[n+]3ccc4c(ccn4Cc4cc(C(N)=Nc5nccs5)cs4)c3)CS[C@H]12)c1nc(N)sc1Cl. The summed E-state index contributed by atoms with van der Waals surface area (Å²) in [7, 11) is 1.27. The summed E-state index contributed by atoms with van der Waals surface area (Å²) < 4.78 is 4.17. The van der Waals surface area contributed by atoms with Crippen molar-refractivity contribution < 1.29 is 28.9 Å². The molecule has 2 aliphatic rings. The second kappa shape index (κ2) is 13.9. The van der Waals surface area contributed by atoms with Gasteiger partial charge in [-0.25, -0.2) is 19.5 Å². The van der Waals surface area contributed by atoms with Crippen molar-refractivity contribution in [3.63, 3.8) is 0 Å². The first-order valence-electron chi connectivity index (χ1n) is 14.8. The van der Waals surface area contributed by atoms with Crippen molar-refractivity contribution in [3.05, 3.63) is 85.5 Å². The number of aliphatic carboxylic acids is 1. The molecule has 4 N–H and O–H groups in total. The number of nitrogens with two attached hydrogens (primary N) is 2. The predicted octanol–water partition coefficient (Wildman–Crippen LogP) is 2.77. The molecular formula is C31H26ClN9O5S4. The molecular weight excluding hydrogens is 742 g/mol. The lowest BCUT2D eigenvalue weighted by Crippen LogP contribution is -2.63. The Morgan fingerprint density at radius 1 is 1.28 bits per heavy atom. The monoisotopic (exact) mass is 767 g/mol. The van der Waals surface area contributed by atoms with Crippen LogP contribution in [0.15, 0.2) is 75.2 Å². The number of Topliss-reactive ketones (excluding diaryl/α,β-unsaturated/α-hetero) is 1. The molecule has 1 fully saturated rings. The van der Waals surface area contributed by atoms with Crippen LogP contribution in [0.1, 0.15) is 22.6 Å². The Bertz CT molecular complexity index is 2240. The molecule has 1 saturated heterocycles. The number of thiazole rings is 2. The Labute approximate surface area is 305 Å². The highest BCUT2D eigenvalue weighted by Crippen LogP contribution is 2.45. The standard InChI is InChI=1S/C31H26ClN9O5S4/c1-46-38-22(23-25(32)50-30(34)36-23)21(42)9-19-27(43)41-24(29(44)45)17(14-49-28(19)41)11-39-5-3-20-15(10-39)2-6-40(20)12-18-8-16(13-48-18)26(33)37-31-35-4-7-47-31/h2-8,10,13,19,28H,9,11-12,14H2,1H3,(H4-,33,34,35,36,37,44,45)/b38-22+/t19-,28-/m1/s1. The molecule has 0 saturated carbocycles. The summed E-state index contributed by atoms with van der Waals surface area (Å²) in [5.41, 5.74) is 14.0. The van der Waals surface area contributed by atoms with Crippen LogP contribution < -0.4 is 21.1 Å². The van der Waals surface area contributed by atoms with Gasteiger partial charge in [-0.2, -0.15) is 0 Å². The largest absolute Gasteiger partial charge is 0.543 e. The van der Waals surface area contributed by atoms with E-state index in [1.165, 1.54) is 35.1 Å². The number of carbonyl (C=O) groups excluding carboxylic acids is 3. The van der Waals surface area contributed by atoms with Crippen molar-refractivity contribution in [1.82, 2.24) is 19.4 Å². The van der Waals surface area contributed by atoms with Gasteiger partial charge in [-0.15, -0.1) is 34.4 Å². The number of hydrogen-bond donors (Lipinski definition) is 2. The molecule has 2 atom stereocenters. The lowest BCUT2D eigenvalue weighted by Gasteiger charge is -2.50. The number of thioether (sulfide) groups is 1. The van der Waals surface area contributed by atoms with Crippen molar-refractivity contribution in [3.8, 4) is 0 Å². The van der Waals surface area contributed by atoms with Gasteiger partial charge in [-0.05, 0) is 12.1 Å². The number of aromatic nitrogens is 4. The molecule has 2 aliphatic heterocycles. The van der Waals surface area contributed by atoms with E-state index in [-0.39, 0.29) is 39.5 Å². The zero-order chi connectivity index (χ0) is 35.1. The summed E-state index contributed by atoms with van der Waals surface area (Å²) in [5.74, 6) is -2.49. The maximum atomic E-state index is 13.3. The van der Waals surface area contributed by atoms with Gasteiger partial charge in [-0.1, -0.05) is 28.1 Å². The fourth-order valence-corrected chi connectivity index (χ4v) is 9.58. The highest BCUT2D eigenvalue weighted by molar-refractivity contribution is 8.00. The molecule has 19 heteroatoms. The number of carboxylic acid groups (broad SMARTS) is 1. The quantitative estimate of drug-likeness (QED) is 0.0626. The van der Waals surface area contributed by atoms with E-state index in [1.807, 2.05) is 52.1 Å². The van der Waals surface area contributed by atoms with E-state index in [0.29, 0.717) is 28.8 Å². The van der Waals surface area contributed by atoms with E-state index in [1.54, 1.807) is 17.5 Å². The van der Waals surface area contributed by atoms with Gasteiger partial charge < -0.3 is 30.8 Å². The second-order valence-electron chi connectivity index (χ2n) is 11.2. The third kappa shape index (κ3) is 6.51. The minimum absolute atomic E-state index is 0.0714. The van der Waals surface area contributed by atoms with Gasteiger partial charge in [0.15, 0.2) is 35.6 Å². The van der Waals surface area contributed by atoms with Crippen LogP contribution in [0.5, 0.6) is 0 Å². The number of β-lactam (4-membered cyclic amide) rings is 1. The summed E-state index contributed by atoms with van der Waals surface area (Å²) in [6.45, 7) is 0.864. The summed E-state index contributed by atoms with van der Waals surface area (Å²) in [6, 6.07) is 5.98. The van der Waals surface area contributed by atoms with Gasteiger partial charge in [0.25, 0.3) is 0 Å². The average molecular weight is 768 g/mol. The number of thiophene rings is 1. The van der Waals surface area contributed by atoms with Gasteiger partial charge in [-0.3, -0.25) is 14.5 Å². The third-order valence-electron chi connectivity index (χ3n) is 8.08. The van der Waals surface area contributed by atoms with Gasteiger partial charge in [0.2, 0.25) is 11.0 Å². The number of amides is 1. The first kappa shape index (κ1) is 33.9. The minimum atomic E-state index is -1.45. The highest BCUT2D eigenvalue weighted by atomic mass is 35.5. The summed E-state index contributed by atoms with van der Waals surface area (Å²) >= 11 is 11.6. The zero-order valence-electron chi connectivity index (χ0n) is 26.0. The Morgan fingerprint density at radius 3 is 2.84 bits per heavy atom. The fourth-order valence-electron chi connectivity index (χ4n) is 5.86. The van der Waals surface area contributed by atoms with E-state index in [0.717, 1.165) is 32.7 Å². The Balaban J connectivity index is 1.05. The zero-order valence-corrected chi connectivity index (χ0v) is 30.0. The highest BCUT2D eigenvalue weighted by Gasteiger charge is 2.53. The Morgan fingerprint density at radius 2 is 2.12 bits per heavy atom. The molecule has 0 bridgehead atoms. The van der Waals surface area contributed by atoms with Crippen LogP contribution in [0.3, 0.4) is 0 Å². The van der Waals surface area contributed by atoms with Crippen LogP contribution >= 0.6 is 57.4 Å². The van der Waals surface area contributed by atoms with E-state index < -0.39 is 29.0 Å². The number of ketones is 1. The van der Waals surface area contributed by atoms with Crippen LogP contribution in [0, 0.1) is 5.92 Å². The van der Waals surface area contributed by atoms with E-state index in [2.05, 4.69) is 24.7 Å². The molecule has 0 aliphatic carbocycles. The predicted molar refractivity (Wildman–Crippen MR) is 191 cm³/mol. The lowest BCUT2D eigenvalue weighted by atomic mass is 9.89. The third-order valence-corrected chi connectivity index (χ3v) is 12.1. The maximum Gasteiger partial charge on any atom is 0.234 e. The van der Waals surface area contributed by atoms with Crippen LogP contribution in [0.2, 0.25) is 4.34 Å². The smallest absolute Gasteiger partial charge is 0.234 e. The second-order valence-corrected chi connectivity index (χ2v) is 15.8. The van der Waals surface area contributed by atoms with Gasteiger partial charge >= 0.3 is 0 Å². The van der Waals surface area contributed by atoms with Crippen molar-refractivity contribution >= 4 is 108 Å². The molecule has 5 aromatic rings. The molecule has 7 rings (SSSR count). The molecule has 0 unspecified atom stereocenters. The number of anilines is 1. The number of carboxylic acids is 1. The molecule has 7 heterocycles. The number of hydrogen-bond acceptors (Lipinski definition) is 14. The van der Waals surface area contributed by atoms with Crippen molar-refractivity contribution in [2.24, 2.45) is 21.8 Å². The topological polar surface area (TPSA) is 198 Å².